The Bertz CT molecular complexity index is 2560. The summed E-state index contributed by atoms with van der Waals surface area (Å²) in [5.41, 5.74) is 4.57. The van der Waals surface area contributed by atoms with Crippen LogP contribution in [0.3, 0.4) is 0 Å². The van der Waals surface area contributed by atoms with E-state index in [9.17, 15) is 0 Å². The standard InChI is InChI=1S/C38H38N16O2Si/c1-3-7-21(8-4-1)19-55-57(56-20-22-9-5-2-6-10-22)53-35-27-28(44-16-15-43-27)37(53)51-33-25-26(42-14-13-41-25)34(48-33)52-38-30-29(45-17-18-46-30)36(54(38)57)50-32-24-23(31(47-32)49-35)39-11-12-40-24/h11-13,15-18,21-22,35,42H,1-10,14,19-20H2,(H,47,49,50)/b51-37-,52-34-. The minimum Gasteiger partial charge on any atom is -0.375 e. The van der Waals surface area contributed by atoms with Crippen molar-refractivity contribution in [2.75, 3.05) is 19.8 Å². The van der Waals surface area contributed by atoms with Crippen LogP contribution in [0.15, 0.2) is 78.5 Å². The van der Waals surface area contributed by atoms with Gasteiger partial charge in [0.2, 0.25) is 0 Å². The molecule has 0 aromatic carbocycles. The van der Waals surface area contributed by atoms with Crippen molar-refractivity contribution in [3.8, 4) is 0 Å². The Morgan fingerprint density at radius 2 is 1.26 bits per heavy atom. The van der Waals surface area contributed by atoms with Crippen LogP contribution in [-0.2, 0) is 8.85 Å². The molecule has 286 valence electrons. The maximum atomic E-state index is 7.72. The Morgan fingerprint density at radius 1 is 0.632 bits per heavy atom. The van der Waals surface area contributed by atoms with E-state index in [1.165, 1.54) is 12.8 Å². The van der Waals surface area contributed by atoms with Crippen molar-refractivity contribution in [2.45, 2.75) is 70.4 Å². The van der Waals surface area contributed by atoms with Crippen LogP contribution in [0.25, 0.3) is 11.0 Å². The minimum absolute atomic E-state index is 0.329. The first-order chi connectivity index (χ1) is 28.2. The van der Waals surface area contributed by atoms with Crippen LogP contribution in [-0.4, -0.2) is 103 Å². The van der Waals surface area contributed by atoms with E-state index >= 15 is 0 Å². The summed E-state index contributed by atoms with van der Waals surface area (Å²) in [5.74, 6) is 3.71. The summed E-state index contributed by atoms with van der Waals surface area (Å²) in [4.78, 5) is 60.4. The van der Waals surface area contributed by atoms with Crippen LogP contribution in [0.2, 0.25) is 0 Å². The number of fused-ring (bicyclic) bond motifs is 13. The molecule has 2 fully saturated rings. The molecule has 2 saturated carbocycles. The molecule has 19 heteroatoms. The zero-order valence-electron chi connectivity index (χ0n) is 31.0. The molecule has 12 rings (SSSR count). The molecule has 0 amide bonds. The fourth-order valence-corrected chi connectivity index (χ4v) is 12.8. The van der Waals surface area contributed by atoms with Gasteiger partial charge in [0.1, 0.15) is 51.4 Å². The lowest BCUT2D eigenvalue weighted by Gasteiger charge is -2.43. The van der Waals surface area contributed by atoms with Gasteiger partial charge in [0.15, 0.2) is 40.8 Å². The zero-order valence-corrected chi connectivity index (χ0v) is 32.0. The van der Waals surface area contributed by atoms with Crippen LogP contribution >= 0.6 is 0 Å². The SMILES string of the molecule is C1=NC2=C(NC1)/C1=N/c3c4nccnc4c4n3[Si](OCC3CCCCC3)(OCC3CCCCC3)N3/C(=N\C2=N1)c1nccnc1C3NC1=N/C(=N\4)c2nccnc21. The molecule has 1 unspecified atom stereocenters. The van der Waals surface area contributed by atoms with Gasteiger partial charge in [0.05, 0.1) is 6.54 Å². The Morgan fingerprint density at radius 3 is 1.98 bits per heavy atom. The molecule has 0 radical (unpaired) electrons. The summed E-state index contributed by atoms with van der Waals surface area (Å²) in [6, 6.07) is 0. The molecule has 0 saturated heterocycles. The normalized spacial score (nSPS) is 25.8. The maximum Gasteiger partial charge on any atom is 0.599 e. The molecule has 4 aromatic heterocycles. The van der Waals surface area contributed by atoms with Gasteiger partial charge in [-0.2, -0.15) is 0 Å². The third kappa shape index (κ3) is 5.14. The second-order valence-corrected chi connectivity index (χ2v) is 18.1. The smallest absolute Gasteiger partial charge is 0.375 e. The summed E-state index contributed by atoms with van der Waals surface area (Å²) >= 11 is 0. The number of amidine groups is 5. The fraction of sp³-hybridized carbons (Fsp3) is 0.421. The largest absolute Gasteiger partial charge is 0.599 e. The molecule has 0 spiro atoms. The average molecular weight is 779 g/mol. The van der Waals surface area contributed by atoms with Crippen LogP contribution in [0, 0.1) is 11.8 Å². The van der Waals surface area contributed by atoms with Crippen LogP contribution in [0.4, 0.5) is 11.6 Å². The summed E-state index contributed by atoms with van der Waals surface area (Å²) in [6.07, 6.45) is 22.5. The minimum atomic E-state index is -4.21. The molecule has 2 aliphatic carbocycles. The lowest BCUT2D eigenvalue weighted by atomic mass is 9.90. The van der Waals surface area contributed by atoms with Crippen molar-refractivity contribution in [2.24, 2.45) is 41.8 Å². The molecular formula is C38H38N16O2Si. The highest BCUT2D eigenvalue weighted by Gasteiger charge is 2.62. The zero-order chi connectivity index (χ0) is 37.5. The number of aromatic nitrogens is 7. The molecule has 2 N–H and O–H groups in total. The van der Waals surface area contributed by atoms with Crippen molar-refractivity contribution in [3.05, 3.63) is 71.4 Å². The highest BCUT2D eigenvalue weighted by molar-refractivity contribution is 6.68. The van der Waals surface area contributed by atoms with Gasteiger partial charge in [-0.05, 0) is 37.5 Å². The van der Waals surface area contributed by atoms with E-state index in [-0.39, 0.29) is 0 Å². The second-order valence-electron chi connectivity index (χ2n) is 15.5. The van der Waals surface area contributed by atoms with Crippen molar-refractivity contribution in [1.29, 1.82) is 0 Å². The van der Waals surface area contributed by atoms with Crippen molar-refractivity contribution in [1.82, 2.24) is 49.3 Å². The van der Waals surface area contributed by atoms with E-state index < -0.39 is 15.0 Å². The lowest BCUT2D eigenvalue weighted by Crippen LogP contribution is -2.68. The Kier molecular flexibility index (Phi) is 7.62. The first kappa shape index (κ1) is 33.2. The summed E-state index contributed by atoms with van der Waals surface area (Å²) in [5, 5.41) is 7.20. The molecular weight excluding hydrogens is 741 g/mol. The first-order valence-corrected chi connectivity index (χ1v) is 21.7. The number of nitrogens with one attached hydrogen (secondary N) is 2. The molecule has 4 aromatic rings. The number of hydrogen-bond acceptors (Lipinski definition) is 17. The fourth-order valence-electron chi connectivity index (χ4n) is 9.30. The van der Waals surface area contributed by atoms with Crippen LogP contribution in [0.5, 0.6) is 0 Å². The van der Waals surface area contributed by atoms with Gasteiger partial charge >= 0.3 is 8.88 Å². The monoisotopic (exact) mass is 778 g/mol. The van der Waals surface area contributed by atoms with Gasteiger partial charge in [-0.1, -0.05) is 38.5 Å². The molecule has 10 heterocycles. The highest BCUT2D eigenvalue weighted by atomic mass is 28.4. The Hall–Kier alpha value is -5.92. The number of aliphatic imine (C=N–C) groups is 6. The number of nitrogens with zero attached hydrogens (tertiary/aromatic N) is 14. The maximum absolute atomic E-state index is 7.72. The summed E-state index contributed by atoms with van der Waals surface area (Å²) in [6.45, 7) is 1.42. The molecule has 8 aliphatic rings. The third-order valence-corrected chi connectivity index (χ3v) is 15.2. The Labute approximate surface area is 327 Å². The average Bonchev–Trinajstić information content (AvgIpc) is 3.98. The molecule has 1 atom stereocenters. The van der Waals surface area contributed by atoms with E-state index in [1.807, 2.05) is 10.4 Å². The second kappa shape index (κ2) is 13.1. The first-order valence-electron chi connectivity index (χ1n) is 20.0. The molecule has 6 bridgehead atoms. The van der Waals surface area contributed by atoms with Crippen LogP contribution < -0.4 is 10.6 Å². The van der Waals surface area contributed by atoms with E-state index in [4.69, 9.17) is 68.7 Å². The van der Waals surface area contributed by atoms with E-state index in [1.54, 1.807) is 37.2 Å². The number of rotatable bonds is 6. The lowest BCUT2D eigenvalue weighted by molar-refractivity contribution is 0.0677. The molecule has 57 heavy (non-hydrogen) atoms. The van der Waals surface area contributed by atoms with Gasteiger partial charge in [-0.3, -0.25) is 18.8 Å². The Balaban J connectivity index is 1.22. The predicted octanol–water partition coefficient (Wildman–Crippen LogP) is 4.03. The van der Waals surface area contributed by atoms with Gasteiger partial charge in [0.25, 0.3) is 0 Å². The van der Waals surface area contributed by atoms with Gasteiger partial charge in [0, 0.05) is 56.6 Å². The summed E-state index contributed by atoms with van der Waals surface area (Å²) in [7, 11) is -4.21. The molecule has 18 nitrogen and oxygen atoms in total. The van der Waals surface area contributed by atoms with Gasteiger partial charge in [-0.15, -0.1) is 0 Å². The van der Waals surface area contributed by atoms with Crippen LogP contribution in [0.1, 0.15) is 93.1 Å². The third-order valence-electron chi connectivity index (χ3n) is 12.0. The van der Waals surface area contributed by atoms with Crippen molar-refractivity contribution in [3.63, 3.8) is 0 Å². The molecule has 6 aliphatic heterocycles. The highest BCUT2D eigenvalue weighted by Crippen LogP contribution is 2.47. The van der Waals surface area contributed by atoms with Gasteiger partial charge < -0.3 is 19.5 Å². The van der Waals surface area contributed by atoms with E-state index in [0.29, 0.717) is 118 Å². The predicted molar refractivity (Wildman–Crippen MR) is 213 cm³/mol. The van der Waals surface area contributed by atoms with Crippen molar-refractivity contribution >= 4 is 66.9 Å². The quantitative estimate of drug-likeness (QED) is 0.268. The van der Waals surface area contributed by atoms with E-state index in [2.05, 4.69) is 15.2 Å². The van der Waals surface area contributed by atoms with Crippen molar-refractivity contribution < 1.29 is 8.85 Å². The van der Waals surface area contributed by atoms with E-state index in [0.717, 1.165) is 51.4 Å². The topological polar surface area (TPSA) is 202 Å². The number of hydrogen-bond donors (Lipinski definition) is 2. The summed E-state index contributed by atoms with van der Waals surface area (Å²) < 4.78 is 19.6. The van der Waals surface area contributed by atoms with Gasteiger partial charge in [-0.25, -0.2) is 49.9 Å².